The minimum atomic E-state index is -4.59. The molecule has 0 fully saturated rings. The number of pyridine rings is 1. The maximum atomic E-state index is 13.4. The van der Waals surface area contributed by atoms with Crippen LogP contribution in [0, 0.1) is 17.2 Å². The van der Waals surface area contributed by atoms with E-state index >= 15 is 0 Å². The molecule has 1 aromatic carbocycles. The number of aromatic nitrogens is 3. The van der Waals surface area contributed by atoms with E-state index in [2.05, 4.69) is 42.9 Å². The number of benzene rings is 1. The number of nitrogens with two attached hydrogens (primary N) is 1. The smallest absolute Gasteiger partial charge is 0.432 e. The highest BCUT2D eigenvalue weighted by molar-refractivity contribution is 6.06. The van der Waals surface area contributed by atoms with Crippen LogP contribution < -0.4 is 15.2 Å². The Balaban J connectivity index is 2.10. The summed E-state index contributed by atoms with van der Waals surface area (Å²) in [5, 5.41) is 14.5. The number of aromatic amines is 1. The van der Waals surface area contributed by atoms with E-state index in [-0.39, 0.29) is 22.8 Å². The molecule has 10 heteroatoms. The third-order valence-corrected chi connectivity index (χ3v) is 7.66. The maximum Gasteiger partial charge on any atom is 0.432 e. The van der Waals surface area contributed by atoms with Gasteiger partial charge in [-0.1, -0.05) is 59.8 Å². The van der Waals surface area contributed by atoms with Crippen molar-refractivity contribution in [2.24, 2.45) is 17.6 Å². The zero-order valence-corrected chi connectivity index (χ0v) is 26.5. The lowest BCUT2D eigenvalue weighted by Gasteiger charge is -2.20. The number of H-pyrrole nitrogens is 1. The number of alkyl halides is 3. The molecule has 0 aliphatic carbocycles. The zero-order chi connectivity index (χ0) is 32.3. The molecule has 240 valence electrons. The highest BCUT2D eigenvalue weighted by atomic mass is 19.4. The van der Waals surface area contributed by atoms with Gasteiger partial charge in [0.25, 0.3) is 0 Å². The van der Waals surface area contributed by atoms with Crippen molar-refractivity contribution >= 4 is 5.71 Å². The molecule has 2 heterocycles. The molecular formula is C34H46F3N5O2. The Bertz CT molecular complexity index is 1400. The second-order valence-electron chi connectivity index (χ2n) is 11.4. The molecule has 0 amide bonds. The van der Waals surface area contributed by atoms with E-state index in [1.54, 1.807) is 19.1 Å². The molecule has 2 unspecified atom stereocenters. The fraction of sp³-hybridized carbons (Fsp3) is 0.500. The van der Waals surface area contributed by atoms with Gasteiger partial charge in [-0.05, 0) is 73.6 Å². The first kappa shape index (κ1) is 34.7. The average molecular weight is 614 g/mol. The molecule has 0 spiro atoms. The highest BCUT2D eigenvalue weighted by Gasteiger charge is 2.33. The van der Waals surface area contributed by atoms with Gasteiger partial charge in [0.05, 0.1) is 30.3 Å². The van der Waals surface area contributed by atoms with Crippen LogP contribution in [0.5, 0.6) is 11.5 Å². The second kappa shape index (κ2) is 16.3. The number of hydrogen-bond donors (Lipinski definition) is 3. The van der Waals surface area contributed by atoms with Crippen molar-refractivity contribution in [3.8, 4) is 34.0 Å². The first-order valence-electron chi connectivity index (χ1n) is 15.6. The van der Waals surface area contributed by atoms with Gasteiger partial charge >= 0.3 is 6.18 Å². The average Bonchev–Trinajstić information content (AvgIpc) is 3.50. The van der Waals surface area contributed by atoms with Crippen LogP contribution in [0.2, 0.25) is 0 Å². The molecule has 7 nitrogen and oxygen atoms in total. The van der Waals surface area contributed by atoms with Gasteiger partial charge in [0.2, 0.25) is 0 Å². The van der Waals surface area contributed by atoms with E-state index in [0.717, 1.165) is 51.0 Å². The van der Waals surface area contributed by atoms with E-state index in [4.69, 9.17) is 20.6 Å². The molecular weight excluding hydrogens is 567 g/mol. The normalized spacial score (nSPS) is 13.5. The Labute approximate surface area is 259 Å². The maximum absolute atomic E-state index is 13.4. The summed E-state index contributed by atoms with van der Waals surface area (Å²) >= 11 is 0. The summed E-state index contributed by atoms with van der Waals surface area (Å²) in [6.45, 7) is 11.4. The van der Waals surface area contributed by atoms with Gasteiger partial charge in [0.1, 0.15) is 22.9 Å². The van der Waals surface area contributed by atoms with Gasteiger partial charge in [-0.25, -0.2) is 4.98 Å². The number of nitrogens with one attached hydrogen (secondary N) is 2. The first-order valence-corrected chi connectivity index (χ1v) is 15.6. The van der Waals surface area contributed by atoms with Crippen LogP contribution in [0.3, 0.4) is 0 Å². The molecule has 0 bridgehead atoms. The molecule has 3 aromatic rings. The van der Waals surface area contributed by atoms with E-state index in [9.17, 15) is 13.2 Å². The Morgan fingerprint density at radius 3 is 2.27 bits per heavy atom. The first-order chi connectivity index (χ1) is 21.0. The predicted molar refractivity (Wildman–Crippen MR) is 170 cm³/mol. The van der Waals surface area contributed by atoms with Crippen LogP contribution in [0.1, 0.15) is 91.0 Å². The van der Waals surface area contributed by atoms with Crippen LogP contribution in [0.25, 0.3) is 22.5 Å². The number of nitrogens with zero attached hydrogens (tertiary/aromatic N) is 2. The van der Waals surface area contributed by atoms with Crippen molar-refractivity contribution in [2.45, 2.75) is 85.7 Å². The molecule has 0 aliphatic heterocycles. The summed E-state index contributed by atoms with van der Waals surface area (Å²) in [6, 6.07) is 9.94. The van der Waals surface area contributed by atoms with Crippen molar-refractivity contribution < 1.29 is 22.6 Å². The summed E-state index contributed by atoms with van der Waals surface area (Å²) in [7, 11) is 0. The topological polar surface area (TPSA) is 110 Å². The van der Waals surface area contributed by atoms with E-state index in [0.29, 0.717) is 53.4 Å². The van der Waals surface area contributed by atoms with Gasteiger partial charge in [0, 0.05) is 17.3 Å². The lowest BCUT2D eigenvalue weighted by Crippen LogP contribution is -2.13. The van der Waals surface area contributed by atoms with E-state index < -0.39 is 11.9 Å². The second-order valence-corrected chi connectivity index (χ2v) is 11.4. The fourth-order valence-electron chi connectivity index (χ4n) is 4.94. The summed E-state index contributed by atoms with van der Waals surface area (Å²) < 4.78 is 52.7. The van der Waals surface area contributed by atoms with Gasteiger partial charge in [-0.3, -0.25) is 10.5 Å². The van der Waals surface area contributed by atoms with Gasteiger partial charge in [0.15, 0.2) is 0 Å². The van der Waals surface area contributed by atoms with Crippen LogP contribution in [-0.2, 0) is 6.18 Å². The zero-order valence-electron chi connectivity index (χ0n) is 26.5. The number of halogens is 3. The number of unbranched alkanes of at least 4 members (excludes halogenated alkanes) is 1. The Hall–Kier alpha value is -3.82. The number of ether oxygens (including phenoxy) is 2. The molecule has 2 atom stereocenters. The number of allylic oxidation sites excluding steroid dienone is 2. The van der Waals surface area contributed by atoms with Crippen LogP contribution in [0.4, 0.5) is 13.2 Å². The minimum Gasteiger partial charge on any atom is -0.493 e. The van der Waals surface area contributed by atoms with Gasteiger partial charge < -0.3 is 15.2 Å². The van der Waals surface area contributed by atoms with Gasteiger partial charge in [-0.2, -0.15) is 18.3 Å². The summed E-state index contributed by atoms with van der Waals surface area (Å²) in [6.07, 6.45) is 4.36. The molecule has 0 aliphatic rings. The quantitative estimate of drug-likeness (QED) is 0.132. The van der Waals surface area contributed by atoms with Crippen LogP contribution in [0.15, 0.2) is 48.2 Å². The van der Waals surface area contributed by atoms with Crippen LogP contribution in [-0.4, -0.2) is 34.1 Å². The highest BCUT2D eigenvalue weighted by Crippen LogP contribution is 2.37. The monoisotopic (exact) mass is 613 g/mol. The molecule has 0 radical (unpaired) electrons. The van der Waals surface area contributed by atoms with Crippen molar-refractivity contribution in [3.63, 3.8) is 0 Å². The molecule has 3 rings (SSSR count). The SMILES string of the molecule is CCCCC(CC)COc1ccc(-c2cc(C(=N)C=C(C)N)nc(-c3cc(C(F)(F)F)[nH]n3)c2)c(OCC(CC)CCC)c1. The van der Waals surface area contributed by atoms with Crippen molar-refractivity contribution in [1.29, 1.82) is 5.41 Å². The Morgan fingerprint density at radius 2 is 1.66 bits per heavy atom. The third kappa shape index (κ3) is 9.86. The van der Waals surface area contributed by atoms with E-state index in [1.807, 2.05) is 18.2 Å². The summed E-state index contributed by atoms with van der Waals surface area (Å²) in [4.78, 5) is 4.48. The number of hydrogen-bond acceptors (Lipinski definition) is 6. The van der Waals surface area contributed by atoms with Crippen molar-refractivity contribution in [3.05, 3.63) is 59.6 Å². The standard InChI is InChI=1S/C34H46F3N5O2/c1-6-10-12-24(9-4)20-43-26-13-14-27(32(18-26)44-21-23(8-3)11-7-2)25-16-29(28(39)15-22(5)38)40-30(17-25)31-19-33(42-41-31)34(35,36)37/h13-19,23-24,39H,6-12,20-21,38H2,1-5H3,(H,41,42). The van der Waals surface area contributed by atoms with Crippen molar-refractivity contribution in [2.75, 3.05) is 13.2 Å². The summed E-state index contributed by atoms with van der Waals surface area (Å²) in [5.41, 5.74) is 7.03. The minimum absolute atomic E-state index is 0.00998. The van der Waals surface area contributed by atoms with Gasteiger partial charge in [-0.15, -0.1) is 0 Å². The van der Waals surface area contributed by atoms with E-state index in [1.165, 1.54) is 6.08 Å². The lowest BCUT2D eigenvalue weighted by atomic mass is 9.99. The fourth-order valence-corrected chi connectivity index (χ4v) is 4.94. The molecule has 2 aromatic heterocycles. The molecule has 44 heavy (non-hydrogen) atoms. The molecule has 0 saturated carbocycles. The third-order valence-electron chi connectivity index (χ3n) is 7.66. The van der Waals surface area contributed by atoms with Crippen LogP contribution >= 0.6 is 0 Å². The summed E-state index contributed by atoms with van der Waals surface area (Å²) in [5.74, 6) is 2.11. The van der Waals surface area contributed by atoms with Crippen molar-refractivity contribution in [1.82, 2.24) is 15.2 Å². The largest absolute Gasteiger partial charge is 0.493 e. The molecule has 0 saturated heterocycles. The molecule has 4 N–H and O–H groups in total. The lowest BCUT2D eigenvalue weighted by molar-refractivity contribution is -0.141. The Kier molecular flexibility index (Phi) is 12.8. The Morgan fingerprint density at radius 1 is 0.955 bits per heavy atom. The predicted octanol–water partition coefficient (Wildman–Crippen LogP) is 9.19. The number of rotatable bonds is 17.